The van der Waals surface area contributed by atoms with Gasteiger partial charge in [-0.25, -0.2) is 8.78 Å². The number of rotatable bonds is 9. The molecule has 1 unspecified atom stereocenters. The van der Waals surface area contributed by atoms with Gasteiger partial charge in [0, 0.05) is 17.2 Å². The molecule has 4 rings (SSSR count). The Kier molecular flexibility index (Phi) is 8.34. The molecule has 34 heavy (non-hydrogen) atoms. The van der Waals surface area contributed by atoms with Gasteiger partial charge in [0.05, 0.1) is 6.04 Å². The van der Waals surface area contributed by atoms with E-state index in [2.05, 4.69) is 54.1 Å². The summed E-state index contributed by atoms with van der Waals surface area (Å²) in [6, 6.07) is 15.0. The Morgan fingerprint density at radius 3 is 2.44 bits per heavy atom. The SMILES string of the molecule is C=C(NC(c1ccc(C)cc1)c1ccccc1F)C1CCN(CCCC2=CCCC=C2F)CC1. The predicted molar refractivity (Wildman–Crippen MR) is 137 cm³/mol. The first-order chi connectivity index (χ1) is 16.5. The third kappa shape index (κ3) is 6.24. The van der Waals surface area contributed by atoms with Crippen molar-refractivity contribution in [1.29, 1.82) is 0 Å². The average molecular weight is 463 g/mol. The highest BCUT2D eigenvalue weighted by Gasteiger charge is 2.25. The monoisotopic (exact) mass is 462 g/mol. The molecule has 0 bridgehead atoms. The van der Waals surface area contributed by atoms with Crippen molar-refractivity contribution in [3.8, 4) is 0 Å². The van der Waals surface area contributed by atoms with E-state index in [1.54, 1.807) is 12.1 Å². The Labute approximate surface area is 203 Å². The highest BCUT2D eigenvalue weighted by atomic mass is 19.1. The van der Waals surface area contributed by atoms with Gasteiger partial charge in [-0.15, -0.1) is 0 Å². The van der Waals surface area contributed by atoms with E-state index in [0.717, 1.165) is 75.0 Å². The van der Waals surface area contributed by atoms with Gasteiger partial charge >= 0.3 is 0 Å². The molecule has 0 amide bonds. The zero-order chi connectivity index (χ0) is 23.9. The lowest BCUT2D eigenvalue weighted by molar-refractivity contribution is 0.193. The number of halogens is 2. The first kappa shape index (κ1) is 24.4. The molecule has 2 aromatic carbocycles. The number of hydrogen-bond acceptors (Lipinski definition) is 2. The van der Waals surface area contributed by atoms with Crippen LogP contribution in [-0.2, 0) is 0 Å². The molecule has 1 fully saturated rings. The van der Waals surface area contributed by atoms with E-state index in [-0.39, 0.29) is 17.7 Å². The van der Waals surface area contributed by atoms with E-state index in [4.69, 9.17) is 0 Å². The first-order valence-electron chi connectivity index (χ1n) is 12.5. The molecule has 0 saturated carbocycles. The zero-order valence-corrected chi connectivity index (χ0v) is 20.2. The fourth-order valence-corrected chi connectivity index (χ4v) is 5.03. The van der Waals surface area contributed by atoms with E-state index in [1.807, 2.05) is 12.1 Å². The third-order valence-corrected chi connectivity index (χ3v) is 7.15. The number of allylic oxidation sites excluding steroid dienone is 5. The number of aryl methyl sites for hydroxylation is 1. The predicted octanol–water partition coefficient (Wildman–Crippen LogP) is 7.39. The Morgan fingerprint density at radius 2 is 1.74 bits per heavy atom. The van der Waals surface area contributed by atoms with Crippen LogP contribution in [0.1, 0.15) is 61.3 Å². The molecule has 180 valence electrons. The fraction of sp³-hybridized carbons (Fsp3) is 0.400. The van der Waals surface area contributed by atoms with Gasteiger partial charge in [0.15, 0.2) is 0 Å². The summed E-state index contributed by atoms with van der Waals surface area (Å²) >= 11 is 0. The number of piperidine rings is 1. The number of hydrogen-bond donors (Lipinski definition) is 1. The smallest absolute Gasteiger partial charge is 0.128 e. The summed E-state index contributed by atoms with van der Waals surface area (Å²) in [7, 11) is 0. The average Bonchev–Trinajstić information content (AvgIpc) is 2.85. The largest absolute Gasteiger partial charge is 0.378 e. The van der Waals surface area contributed by atoms with Gasteiger partial charge in [-0.2, -0.15) is 0 Å². The zero-order valence-electron chi connectivity index (χ0n) is 20.2. The summed E-state index contributed by atoms with van der Waals surface area (Å²) in [5.74, 6) is 0.130. The van der Waals surface area contributed by atoms with Crippen LogP contribution >= 0.6 is 0 Å². The van der Waals surface area contributed by atoms with Crippen LogP contribution < -0.4 is 5.32 Å². The molecule has 1 aliphatic carbocycles. The van der Waals surface area contributed by atoms with Crippen molar-refractivity contribution in [1.82, 2.24) is 10.2 Å². The molecule has 0 spiro atoms. The first-order valence-corrected chi connectivity index (χ1v) is 12.5. The van der Waals surface area contributed by atoms with Crippen LogP contribution in [0, 0.1) is 18.7 Å². The molecule has 0 aromatic heterocycles. The topological polar surface area (TPSA) is 15.3 Å². The number of nitrogens with one attached hydrogen (secondary N) is 1. The molecular formula is C30H36F2N2. The Hall–Kier alpha value is -2.72. The minimum absolute atomic E-state index is 0.0229. The van der Waals surface area contributed by atoms with E-state index < -0.39 is 0 Å². The lowest BCUT2D eigenvalue weighted by atomic mass is 9.91. The van der Waals surface area contributed by atoms with Crippen LogP contribution in [0.15, 0.2) is 84.4 Å². The highest BCUT2D eigenvalue weighted by molar-refractivity contribution is 5.35. The number of benzene rings is 2. The molecule has 1 N–H and O–H groups in total. The summed E-state index contributed by atoms with van der Waals surface area (Å²) in [5, 5.41) is 3.58. The van der Waals surface area contributed by atoms with Crippen molar-refractivity contribution in [3.63, 3.8) is 0 Å². The second-order valence-electron chi connectivity index (χ2n) is 9.61. The summed E-state index contributed by atoms with van der Waals surface area (Å²) in [6.07, 6.45) is 9.41. The van der Waals surface area contributed by atoms with Gasteiger partial charge in [0.1, 0.15) is 11.6 Å². The fourth-order valence-electron chi connectivity index (χ4n) is 5.03. The van der Waals surface area contributed by atoms with Crippen molar-refractivity contribution in [2.45, 2.75) is 51.5 Å². The lowest BCUT2D eigenvalue weighted by Crippen LogP contribution is -2.37. The van der Waals surface area contributed by atoms with Gasteiger partial charge in [-0.3, -0.25) is 0 Å². The summed E-state index contributed by atoms with van der Waals surface area (Å²) in [5.41, 5.74) is 4.72. The standard InChI is InChI=1S/C30H36F2N2/c1-22-13-15-26(16-14-22)30(27-10-4-6-12-29(27)32)33-23(2)24-17-20-34(21-18-24)19-7-9-25-8-3-5-11-28(25)31/h4,6,8,10-16,24,30,33H,2-3,5,7,9,17-21H2,1H3. The molecule has 0 radical (unpaired) electrons. The van der Waals surface area contributed by atoms with E-state index in [1.165, 1.54) is 11.6 Å². The molecule has 1 heterocycles. The Morgan fingerprint density at radius 1 is 1.03 bits per heavy atom. The Bertz CT molecular complexity index is 1030. The van der Waals surface area contributed by atoms with Gasteiger partial charge in [0.25, 0.3) is 0 Å². The summed E-state index contributed by atoms with van der Waals surface area (Å²) in [6.45, 7) is 9.44. The molecule has 2 aromatic rings. The maximum Gasteiger partial charge on any atom is 0.128 e. The van der Waals surface area contributed by atoms with Gasteiger partial charge in [0.2, 0.25) is 0 Å². The van der Waals surface area contributed by atoms with Crippen molar-refractivity contribution in [2.24, 2.45) is 5.92 Å². The molecule has 2 nitrogen and oxygen atoms in total. The van der Waals surface area contributed by atoms with Gasteiger partial charge < -0.3 is 10.2 Å². The van der Waals surface area contributed by atoms with Crippen molar-refractivity contribution in [2.75, 3.05) is 19.6 Å². The molecule has 1 saturated heterocycles. The van der Waals surface area contributed by atoms with Crippen LogP contribution in [0.4, 0.5) is 8.78 Å². The van der Waals surface area contributed by atoms with Crippen LogP contribution in [-0.4, -0.2) is 24.5 Å². The molecule has 1 atom stereocenters. The lowest BCUT2D eigenvalue weighted by Gasteiger charge is -2.34. The van der Waals surface area contributed by atoms with Crippen molar-refractivity contribution in [3.05, 3.63) is 107 Å². The second-order valence-corrected chi connectivity index (χ2v) is 9.61. The van der Waals surface area contributed by atoms with E-state index >= 15 is 0 Å². The maximum atomic E-state index is 14.7. The van der Waals surface area contributed by atoms with Crippen molar-refractivity contribution < 1.29 is 8.78 Å². The van der Waals surface area contributed by atoms with Crippen LogP contribution in [0.25, 0.3) is 0 Å². The molecular weight excluding hydrogens is 426 g/mol. The molecule has 4 heteroatoms. The van der Waals surface area contributed by atoms with E-state index in [9.17, 15) is 8.78 Å². The Balaban J connectivity index is 1.32. The minimum Gasteiger partial charge on any atom is -0.378 e. The maximum absolute atomic E-state index is 14.7. The summed E-state index contributed by atoms with van der Waals surface area (Å²) < 4.78 is 28.6. The summed E-state index contributed by atoms with van der Waals surface area (Å²) in [4.78, 5) is 2.48. The normalized spacial score (nSPS) is 18.2. The van der Waals surface area contributed by atoms with Gasteiger partial charge in [-0.1, -0.05) is 60.7 Å². The van der Waals surface area contributed by atoms with Crippen LogP contribution in [0.3, 0.4) is 0 Å². The molecule has 2 aliphatic rings. The third-order valence-electron chi connectivity index (χ3n) is 7.15. The quantitative estimate of drug-likeness (QED) is 0.418. The number of likely N-dealkylation sites (tertiary alicyclic amines) is 1. The van der Waals surface area contributed by atoms with Gasteiger partial charge in [-0.05, 0) is 88.4 Å². The van der Waals surface area contributed by atoms with E-state index in [0.29, 0.717) is 11.5 Å². The minimum atomic E-state index is -0.265. The second kappa shape index (κ2) is 11.6. The van der Waals surface area contributed by atoms with Crippen LogP contribution in [0.2, 0.25) is 0 Å². The van der Waals surface area contributed by atoms with Crippen molar-refractivity contribution >= 4 is 0 Å². The van der Waals surface area contributed by atoms with Crippen LogP contribution in [0.5, 0.6) is 0 Å². The highest BCUT2D eigenvalue weighted by Crippen LogP contribution is 2.30. The molecule has 1 aliphatic heterocycles. The number of nitrogens with zero attached hydrogens (tertiary/aromatic N) is 1.